The van der Waals surface area contributed by atoms with Crippen molar-refractivity contribution >= 4 is 34.4 Å². The molecule has 33 heavy (non-hydrogen) atoms. The summed E-state index contributed by atoms with van der Waals surface area (Å²) in [6, 6.07) is 21.7. The summed E-state index contributed by atoms with van der Waals surface area (Å²) in [6.45, 7) is 1.61. The Morgan fingerprint density at radius 3 is 2.52 bits per heavy atom. The number of carbonyl (C=O) groups excluding carboxylic acids is 3. The van der Waals surface area contributed by atoms with Crippen molar-refractivity contribution in [1.82, 2.24) is 15.1 Å². The number of nitrogens with one attached hydrogen (secondary N) is 2. The molecule has 2 aliphatic rings. The molecule has 0 unspecified atom stereocenters. The van der Waals surface area contributed by atoms with E-state index in [4.69, 9.17) is 0 Å². The number of piperidine rings is 1. The SMILES string of the molecule is O=C(Nc1cccc(CN2C(=O)CNC2=O)c1)N1CCC(c2cccc3ccccc23)CC1. The van der Waals surface area contributed by atoms with Gasteiger partial charge in [-0.25, -0.2) is 9.59 Å². The van der Waals surface area contributed by atoms with Gasteiger partial charge in [-0.1, -0.05) is 54.6 Å². The van der Waals surface area contributed by atoms with Crippen LogP contribution in [0.1, 0.15) is 29.9 Å². The van der Waals surface area contributed by atoms with E-state index in [-0.39, 0.29) is 31.1 Å². The fourth-order valence-electron chi connectivity index (χ4n) is 4.75. The smallest absolute Gasteiger partial charge is 0.324 e. The second-order valence-corrected chi connectivity index (χ2v) is 8.60. The summed E-state index contributed by atoms with van der Waals surface area (Å²) in [5.41, 5.74) is 2.80. The van der Waals surface area contributed by atoms with Crippen molar-refractivity contribution in [2.24, 2.45) is 0 Å². The highest BCUT2D eigenvalue weighted by atomic mass is 16.2. The second-order valence-electron chi connectivity index (χ2n) is 8.60. The molecule has 3 aromatic carbocycles. The average Bonchev–Trinajstić information content (AvgIpc) is 3.16. The van der Waals surface area contributed by atoms with Gasteiger partial charge in [0.1, 0.15) is 0 Å². The van der Waals surface area contributed by atoms with Crippen LogP contribution in [-0.2, 0) is 11.3 Å². The first kappa shape index (κ1) is 21.0. The fourth-order valence-corrected chi connectivity index (χ4v) is 4.75. The summed E-state index contributed by atoms with van der Waals surface area (Å²) in [5.74, 6) is 0.191. The third-order valence-electron chi connectivity index (χ3n) is 6.50. The highest BCUT2D eigenvalue weighted by molar-refractivity contribution is 6.01. The molecule has 168 valence electrons. The number of hydrogen-bond acceptors (Lipinski definition) is 3. The molecule has 0 atom stereocenters. The zero-order chi connectivity index (χ0) is 22.8. The molecule has 7 nitrogen and oxygen atoms in total. The molecular formula is C26H26N4O3. The molecule has 0 radical (unpaired) electrons. The lowest BCUT2D eigenvalue weighted by Gasteiger charge is -2.32. The van der Waals surface area contributed by atoms with Crippen LogP contribution >= 0.6 is 0 Å². The van der Waals surface area contributed by atoms with Crippen LogP contribution in [0.15, 0.2) is 66.7 Å². The normalized spacial score (nSPS) is 16.8. The van der Waals surface area contributed by atoms with Gasteiger partial charge in [-0.05, 0) is 52.8 Å². The molecule has 0 bridgehead atoms. The van der Waals surface area contributed by atoms with Gasteiger partial charge < -0.3 is 15.5 Å². The summed E-state index contributed by atoms with van der Waals surface area (Å²) in [5, 5.41) is 8.03. The number of benzene rings is 3. The van der Waals surface area contributed by atoms with Gasteiger partial charge in [0, 0.05) is 18.8 Å². The summed E-state index contributed by atoms with van der Waals surface area (Å²) in [6.07, 6.45) is 1.85. The Kier molecular flexibility index (Phi) is 5.69. The van der Waals surface area contributed by atoms with Crippen molar-refractivity contribution in [3.05, 3.63) is 77.9 Å². The lowest BCUT2D eigenvalue weighted by Crippen LogP contribution is -2.40. The van der Waals surface area contributed by atoms with E-state index in [1.54, 1.807) is 6.07 Å². The van der Waals surface area contributed by atoms with Gasteiger partial charge >= 0.3 is 12.1 Å². The van der Waals surface area contributed by atoms with E-state index < -0.39 is 0 Å². The fraction of sp³-hybridized carbons (Fsp3) is 0.269. The molecule has 2 saturated heterocycles. The van der Waals surface area contributed by atoms with Gasteiger partial charge in [0.25, 0.3) is 0 Å². The summed E-state index contributed by atoms with van der Waals surface area (Å²) in [7, 11) is 0. The largest absolute Gasteiger partial charge is 0.329 e. The number of likely N-dealkylation sites (tertiary alicyclic amines) is 1. The number of rotatable bonds is 4. The molecule has 0 saturated carbocycles. The molecule has 2 N–H and O–H groups in total. The Morgan fingerprint density at radius 1 is 0.970 bits per heavy atom. The first-order valence-corrected chi connectivity index (χ1v) is 11.3. The third-order valence-corrected chi connectivity index (χ3v) is 6.50. The molecule has 5 rings (SSSR count). The van der Waals surface area contributed by atoms with Crippen LogP contribution in [0.2, 0.25) is 0 Å². The highest BCUT2D eigenvalue weighted by Gasteiger charge is 2.28. The number of urea groups is 2. The maximum Gasteiger partial charge on any atom is 0.324 e. The standard InChI is InChI=1S/C26H26N4O3/c31-24-16-27-25(32)30(24)17-18-5-3-8-21(15-18)28-26(33)29-13-11-20(12-14-29)23-10-4-7-19-6-1-2-9-22(19)23/h1-10,15,20H,11-14,16-17H2,(H,27,32)(H,28,33). The molecule has 3 aromatic rings. The minimum Gasteiger partial charge on any atom is -0.329 e. The summed E-state index contributed by atoms with van der Waals surface area (Å²) in [4.78, 5) is 39.5. The van der Waals surface area contributed by atoms with Gasteiger partial charge in [0.15, 0.2) is 0 Å². The summed E-state index contributed by atoms with van der Waals surface area (Å²) >= 11 is 0. The number of anilines is 1. The van der Waals surface area contributed by atoms with Crippen molar-refractivity contribution < 1.29 is 14.4 Å². The van der Waals surface area contributed by atoms with E-state index >= 15 is 0 Å². The Balaban J connectivity index is 1.20. The monoisotopic (exact) mass is 442 g/mol. The number of amides is 5. The second kappa shape index (κ2) is 8.94. The average molecular weight is 443 g/mol. The lowest BCUT2D eigenvalue weighted by atomic mass is 9.86. The number of fused-ring (bicyclic) bond motifs is 1. The zero-order valence-corrected chi connectivity index (χ0v) is 18.3. The minimum atomic E-state index is -0.386. The maximum absolute atomic E-state index is 12.9. The van der Waals surface area contributed by atoms with E-state index in [9.17, 15) is 14.4 Å². The van der Waals surface area contributed by atoms with Crippen LogP contribution in [0, 0.1) is 0 Å². The molecule has 5 amide bonds. The first-order valence-electron chi connectivity index (χ1n) is 11.3. The van der Waals surface area contributed by atoms with Crippen LogP contribution in [0.4, 0.5) is 15.3 Å². The van der Waals surface area contributed by atoms with E-state index in [0.717, 1.165) is 18.4 Å². The van der Waals surface area contributed by atoms with Crippen LogP contribution < -0.4 is 10.6 Å². The van der Waals surface area contributed by atoms with Gasteiger partial charge in [-0.2, -0.15) is 0 Å². The number of nitrogens with zero attached hydrogens (tertiary/aromatic N) is 2. The zero-order valence-electron chi connectivity index (χ0n) is 18.3. The van der Waals surface area contributed by atoms with Crippen molar-refractivity contribution in [3.8, 4) is 0 Å². The van der Waals surface area contributed by atoms with E-state index in [2.05, 4.69) is 53.1 Å². The van der Waals surface area contributed by atoms with E-state index in [1.807, 2.05) is 23.1 Å². The highest BCUT2D eigenvalue weighted by Crippen LogP contribution is 2.33. The molecule has 2 heterocycles. The topological polar surface area (TPSA) is 81.8 Å². The number of imide groups is 1. The first-order chi connectivity index (χ1) is 16.1. The van der Waals surface area contributed by atoms with Crippen molar-refractivity contribution in [2.75, 3.05) is 25.0 Å². The molecule has 0 aliphatic carbocycles. The Morgan fingerprint density at radius 2 is 1.73 bits per heavy atom. The number of carbonyl (C=O) groups is 3. The van der Waals surface area contributed by atoms with E-state index in [1.165, 1.54) is 21.2 Å². The molecule has 2 aliphatic heterocycles. The lowest BCUT2D eigenvalue weighted by molar-refractivity contribution is -0.125. The van der Waals surface area contributed by atoms with Crippen LogP contribution in [0.25, 0.3) is 10.8 Å². The van der Waals surface area contributed by atoms with Crippen molar-refractivity contribution in [2.45, 2.75) is 25.3 Å². The molecule has 2 fully saturated rings. The quantitative estimate of drug-likeness (QED) is 0.591. The summed E-state index contributed by atoms with van der Waals surface area (Å²) < 4.78 is 0. The van der Waals surface area contributed by atoms with Gasteiger partial charge in [-0.3, -0.25) is 9.69 Å². The maximum atomic E-state index is 12.9. The van der Waals surface area contributed by atoms with Crippen molar-refractivity contribution in [1.29, 1.82) is 0 Å². The predicted molar refractivity (Wildman–Crippen MR) is 127 cm³/mol. The van der Waals surface area contributed by atoms with Crippen molar-refractivity contribution in [3.63, 3.8) is 0 Å². The Bertz CT molecular complexity index is 1200. The van der Waals surface area contributed by atoms with E-state index in [0.29, 0.717) is 24.7 Å². The minimum absolute atomic E-state index is 0.0317. The Hall–Kier alpha value is -3.87. The Labute approximate surface area is 192 Å². The molecule has 0 spiro atoms. The molecule has 0 aromatic heterocycles. The van der Waals surface area contributed by atoms with Crippen LogP contribution in [0.5, 0.6) is 0 Å². The van der Waals surface area contributed by atoms with Gasteiger partial charge in [0.2, 0.25) is 5.91 Å². The third kappa shape index (κ3) is 4.39. The van der Waals surface area contributed by atoms with Gasteiger partial charge in [0.05, 0.1) is 13.1 Å². The van der Waals surface area contributed by atoms with Gasteiger partial charge in [-0.15, -0.1) is 0 Å². The molecule has 7 heteroatoms. The molecular weight excluding hydrogens is 416 g/mol. The predicted octanol–water partition coefficient (Wildman–Crippen LogP) is 4.30. The number of hydrogen-bond donors (Lipinski definition) is 2. The van der Waals surface area contributed by atoms with Crippen LogP contribution in [0.3, 0.4) is 0 Å². The van der Waals surface area contributed by atoms with Crippen LogP contribution in [-0.4, -0.2) is 47.4 Å².